The lowest BCUT2D eigenvalue weighted by Gasteiger charge is -2.02. The number of aromatic hydroxyl groups is 1. The van der Waals surface area contributed by atoms with Gasteiger partial charge in [-0.15, -0.1) is 0 Å². The Morgan fingerprint density at radius 2 is 2.00 bits per heavy atom. The van der Waals surface area contributed by atoms with Crippen LogP contribution in [0.5, 0.6) is 5.75 Å². The third-order valence-electron chi connectivity index (χ3n) is 4.02. The summed E-state index contributed by atoms with van der Waals surface area (Å²) in [5.74, 6) is 0.234. The molecule has 0 spiro atoms. The maximum atomic E-state index is 12.5. The number of allylic oxidation sites excluding steroid dienone is 1. The van der Waals surface area contributed by atoms with E-state index in [1.165, 1.54) is 0 Å². The van der Waals surface area contributed by atoms with Crippen LogP contribution in [0.25, 0.3) is 17.0 Å². The van der Waals surface area contributed by atoms with Gasteiger partial charge in [0.1, 0.15) is 5.75 Å². The number of benzene rings is 2. The maximum Gasteiger partial charge on any atom is 0.189 e. The first-order valence-corrected chi connectivity index (χ1v) is 7.13. The van der Waals surface area contributed by atoms with Crippen LogP contribution in [0.15, 0.2) is 60.3 Å². The highest BCUT2D eigenvalue weighted by Crippen LogP contribution is 2.31. The molecule has 4 rings (SSSR count). The predicted octanol–water partition coefficient (Wildman–Crippen LogP) is 3.76. The Bertz CT molecular complexity index is 936. The normalized spacial score (nSPS) is 15.5. The molecule has 106 valence electrons. The first kappa shape index (κ1) is 12.8. The van der Waals surface area contributed by atoms with E-state index in [1.54, 1.807) is 24.4 Å². The summed E-state index contributed by atoms with van der Waals surface area (Å²) in [4.78, 5) is 16.8. The standard InChI is InChI=1S/C19H13NO2/c21-15-6-7-17-13(11-15)10-14(19(17)22)9-12-3-1-5-18-16(12)4-2-8-20-18/h1-9,11,21H,10H2/b14-9+. The number of carbonyl (C=O) groups is 1. The van der Waals surface area contributed by atoms with Gasteiger partial charge in [-0.1, -0.05) is 18.2 Å². The molecular formula is C19H13NO2. The van der Waals surface area contributed by atoms with Gasteiger partial charge in [0.15, 0.2) is 5.78 Å². The number of pyridine rings is 1. The minimum absolute atomic E-state index is 0.0379. The summed E-state index contributed by atoms with van der Waals surface area (Å²) >= 11 is 0. The van der Waals surface area contributed by atoms with E-state index in [2.05, 4.69) is 4.98 Å². The highest BCUT2D eigenvalue weighted by atomic mass is 16.3. The molecule has 1 aromatic heterocycles. The molecule has 0 fully saturated rings. The average molecular weight is 287 g/mol. The van der Waals surface area contributed by atoms with E-state index in [-0.39, 0.29) is 11.5 Å². The highest BCUT2D eigenvalue weighted by molar-refractivity contribution is 6.16. The molecule has 3 nitrogen and oxygen atoms in total. The Balaban J connectivity index is 1.82. The summed E-state index contributed by atoms with van der Waals surface area (Å²) in [6.45, 7) is 0. The number of phenolic OH excluding ortho intramolecular Hbond substituents is 1. The van der Waals surface area contributed by atoms with Crippen LogP contribution in [0.4, 0.5) is 0 Å². The van der Waals surface area contributed by atoms with Gasteiger partial charge < -0.3 is 5.11 Å². The van der Waals surface area contributed by atoms with Gasteiger partial charge in [0, 0.05) is 29.1 Å². The van der Waals surface area contributed by atoms with Crippen LogP contribution in [-0.2, 0) is 6.42 Å². The number of carbonyl (C=O) groups excluding carboxylic acids is 1. The van der Waals surface area contributed by atoms with Crippen LogP contribution in [-0.4, -0.2) is 15.9 Å². The van der Waals surface area contributed by atoms with Crippen molar-refractivity contribution in [3.05, 3.63) is 77.0 Å². The van der Waals surface area contributed by atoms with Gasteiger partial charge in [-0.2, -0.15) is 0 Å². The van der Waals surface area contributed by atoms with Crippen molar-refractivity contribution < 1.29 is 9.90 Å². The molecule has 3 heteroatoms. The number of fused-ring (bicyclic) bond motifs is 2. The molecule has 1 heterocycles. The second-order valence-electron chi connectivity index (χ2n) is 5.43. The van der Waals surface area contributed by atoms with E-state index >= 15 is 0 Å². The van der Waals surface area contributed by atoms with Gasteiger partial charge >= 0.3 is 0 Å². The highest BCUT2D eigenvalue weighted by Gasteiger charge is 2.25. The Kier molecular flexibility index (Phi) is 2.79. The summed E-state index contributed by atoms with van der Waals surface area (Å²) < 4.78 is 0. The number of rotatable bonds is 1. The molecule has 3 aromatic rings. The second kappa shape index (κ2) is 4.81. The fourth-order valence-electron chi connectivity index (χ4n) is 2.96. The van der Waals surface area contributed by atoms with Crippen molar-refractivity contribution in [3.8, 4) is 5.75 Å². The minimum Gasteiger partial charge on any atom is -0.508 e. The summed E-state index contributed by atoms with van der Waals surface area (Å²) in [5.41, 5.74) is 4.22. The lowest BCUT2D eigenvalue weighted by atomic mass is 10.0. The van der Waals surface area contributed by atoms with E-state index in [4.69, 9.17) is 0 Å². The number of aromatic nitrogens is 1. The van der Waals surface area contributed by atoms with E-state index in [1.807, 2.05) is 36.4 Å². The maximum absolute atomic E-state index is 12.5. The summed E-state index contributed by atoms with van der Waals surface area (Å²) in [6, 6.07) is 14.7. The Labute approximate surface area is 127 Å². The van der Waals surface area contributed by atoms with Crippen molar-refractivity contribution in [2.24, 2.45) is 0 Å². The number of hydrogen-bond donors (Lipinski definition) is 1. The molecule has 2 aromatic carbocycles. The molecule has 0 saturated heterocycles. The van der Waals surface area contributed by atoms with Gasteiger partial charge in [-0.05, 0) is 47.5 Å². The largest absolute Gasteiger partial charge is 0.508 e. The van der Waals surface area contributed by atoms with Crippen LogP contribution in [0.3, 0.4) is 0 Å². The number of nitrogens with zero attached hydrogens (tertiary/aromatic N) is 1. The molecule has 0 bridgehead atoms. The Morgan fingerprint density at radius 3 is 2.91 bits per heavy atom. The van der Waals surface area contributed by atoms with Gasteiger partial charge in [-0.25, -0.2) is 0 Å². The molecule has 1 aliphatic rings. The van der Waals surface area contributed by atoms with Gasteiger partial charge in [0.25, 0.3) is 0 Å². The van der Waals surface area contributed by atoms with E-state index < -0.39 is 0 Å². The van der Waals surface area contributed by atoms with Crippen molar-refractivity contribution in [2.45, 2.75) is 6.42 Å². The van der Waals surface area contributed by atoms with Crippen LogP contribution in [0.2, 0.25) is 0 Å². The fourth-order valence-corrected chi connectivity index (χ4v) is 2.96. The molecule has 1 aliphatic carbocycles. The predicted molar refractivity (Wildman–Crippen MR) is 85.9 cm³/mol. The van der Waals surface area contributed by atoms with Crippen LogP contribution in [0.1, 0.15) is 21.5 Å². The molecule has 0 amide bonds. The Morgan fingerprint density at radius 1 is 1.09 bits per heavy atom. The first-order chi connectivity index (χ1) is 10.7. The molecule has 22 heavy (non-hydrogen) atoms. The number of hydrogen-bond acceptors (Lipinski definition) is 3. The smallest absolute Gasteiger partial charge is 0.189 e. The number of phenols is 1. The van der Waals surface area contributed by atoms with Crippen molar-refractivity contribution in [2.75, 3.05) is 0 Å². The number of ketones is 1. The molecule has 0 atom stereocenters. The summed E-state index contributed by atoms with van der Waals surface area (Å²) in [7, 11) is 0. The van der Waals surface area contributed by atoms with Crippen LogP contribution >= 0.6 is 0 Å². The van der Waals surface area contributed by atoms with Gasteiger partial charge in [0.05, 0.1) is 5.52 Å². The Hall–Kier alpha value is -2.94. The van der Waals surface area contributed by atoms with Crippen LogP contribution < -0.4 is 0 Å². The molecule has 0 saturated carbocycles. The van der Waals surface area contributed by atoms with E-state index in [0.29, 0.717) is 12.0 Å². The topological polar surface area (TPSA) is 50.2 Å². The zero-order chi connectivity index (χ0) is 15.1. The molecule has 0 radical (unpaired) electrons. The monoisotopic (exact) mass is 287 g/mol. The average Bonchev–Trinajstić information content (AvgIpc) is 2.83. The minimum atomic E-state index is 0.0379. The first-order valence-electron chi connectivity index (χ1n) is 7.13. The second-order valence-corrected chi connectivity index (χ2v) is 5.43. The summed E-state index contributed by atoms with van der Waals surface area (Å²) in [6.07, 6.45) is 4.25. The third kappa shape index (κ3) is 1.99. The molecule has 1 N–H and O–H groups in total. The zero-order valence-electron chi connectivity index (χ0n) is 11.8. The number of Topliss-reactive ketones (excluding diaryl/α,β-unsaturated/α-hetero) is 1. The summed E-state index contributed by atoms with van der Waals surface area (Å²) in [5, 5.41) is 10.6. The lowest BCUT2D eigenvalue weighted by Crippen LogP contribution is -1.95. The van der Waals surface area contributed by atoms with Crippen molar-refractivity contribution in [1.29, 1.82) is 0 Å². The van der Waals surface area contributed by atoms with E-state index in [0.717, 1.165) is 27.6 Å². The SMILES string of the molecule is O=C1/C(=C/c2cccc3ncccc23)Cc2cc(O)ccc21. The fraction of sp³-hybridized carbons (Fsp3) is 0.0526. The lowest BCUT2D eigenvalue weighted by molar-refractivity contribution is 0.104. The van der Waals surface area contributed by atoms with Crippen LogP contribution in [0, 0.1) is 0 Å². The van der Waals surface area contributed by atoms with Crippen molar-refractivity contribution >= 4 is 22.8 Å². The zero-order valence-corrected chi connectivity index (χ0v) is 11.8. The van der Waals surface area contributed by atoms with E-state index in [9.17, 15) is 9.90 Å². The third-order valence-corrected chi connectivity index (χ3v) is 4.02. The van der Waals surface area contributed by atoms with Gasteiger partial charge in [0.2, 0.25) is 0 Å². The van der Waals surface area contributed by atoms with Crippen molar-refractivity contribution in [1.82, 2.24) is 4.98 Å². The molecule has 0 aliphatic heterocycles. The quantitative estimate of drug-likeness (QED) is 0.693. The molecule has 0 unspecified atom stereocenters. The van der Waals surface area contributed by atoms with Gasteiger partial charge in [-0.3, -0.25) is 9.78 Å². The van der Waals surface area contributed by atoms with Crippen molar-refractivity contribution in [3.63, 3.8) is 0 Å². The molecular weight excluding hydrogens is 274 g/mol.